The Hall–Kier alpha value is -2.95. The fourth-order valence-corrected chi connectivity index (χ4v) is 5.39. The molecule has 4 rings (SSSR count). The molecule has 2 saturated carbocycles. The molecule has 12 heteroatoms. The Morgan fingerprint density at radius 3 is 2.19 bits per heavy atom. The van der Waals surface area contributed by atoms with Gasteiger partial charge in [0.05, 0.1) is 0 Å². The Morgan fingerprint density at radius 2 is 1.70 bits per heavy atom. The van der Waals surface area contributed by atoms with Crippen molar-refractivity contribution in [2.75, 3.05) is 4.90 Å². The van der Waals surface area contributed by atoms with Crippen LogP contribution in [0.15, 0.2) is 43.0 Å². The number of amides is 2. The quantitative estimate of drug-likeness (QED) is 0.375. The zero-order valence-electron chi connectivity index (χ0n) is 20.1. The van der Waals surface area contributed by atoms with Crippen molar-refractivity contribution in [3.63, 3.8) is 0 Å². The van der Waals surface area contributed by atoms with E-state index in [9.17, 15) is 27.2 Å². The lowest BCUT2D eigenvalue weighted by Gasteiger charge is -2.48. The van der Waals surface area contributed by atoms with Crippen LogP contribution in [-0.2, 0) is 15.1 Å². The number of hydrogen-bond donors (Lipinski definition) is 1. The van der Waals surface area contributed by atoms with E-state index in [-0.39, 0.29) is 17.3 Å². The lowest BCUT2D eigenvalue weighted by Crippen LogP contribution is -2.60. The van der Waals surface area contributed by atoms with Gasteiger partial charge in [0.25, 0.3) is 17.4 Å². The molecule has 2 aliphatic carbocycles. The maximum absolute atomic E-state index is 14.3. The summed E-state index contributed by atoms with van der Waals surface area (Å²) in [5.41, 5.74) is -3.95. The molecule has 0 unspecified atom stereocenters. The smallest absolute Gasteiger partial charge is 0.406 e. The van der Waals surface area contributed by atoms with Crippen molar-refractivity contribution < 1.29 is 31.9 Å². The summed E-state index contributed by atoms with van der Waals surface area (Å²) in [6.07, 6.45) is 6.06. The number of halogens is 5. The Balaban J connectivity index is 1.68. The molecule has 2 amide bonds. The minimum atomic E-state index is -4.93. The average Bonchev–Trinajstić information content (AvgIpc) is 2.84. The van der Waals surface area contributed by atoms with Crippen molar-refractivity contribution in [2.24, 2.45) is 5.41 Å². The molecule has 2 atom stereocenters. The van der Waals surface area contributed by atoms with Crippen LogP contribution in [0.1, 0.15) is 57.4 Å². The molecule has 0 radical (unpaired) electrons. The third-order valence-corrected chi connectivity index (χ3v) is 7.73. The van der Waals surface area contributed by atoms with Crippen molar-refractivity contribution in [3.05, 3.63) is 48.5 Å². The zero-order chi connectivity index (χ0) is 26.8. The van der Waals surface area contributed by atoms with Gasteiger partial charge < -0.3 is 10.1 Å². The molecule has 1 heterocycles. The van der Waals surface area contributed by atoms with E-state index in [1.54, 1.807) is 0 Å². The first-order valence-electron chi connectivity index (χ1n) is 12.0. The highest BCUT2D eigenvalue weighted by Gasteiger charge is 2.48. The first-order chi connectivity index (χ1) is 17.4. The number of carbonyl (C=O) groups excluding carboxylic acids is 2. The molecule has 2 aromatic rings. The van der Waals surface area contributed by atoms with Gasteiger partial charge in [0.1, 0.15) is 12.1 Å². The second-order valence-electron chi connectivity index (χ2n) is 9.82. The number of benzene rings is 1. The first kappa shape index (κ1) is 27.1. The molecule has 200 valence electrons. The van der Waals surface area contributed by atoms with Crippen LogP contribution >= 0.6 is 11.6 Å². The van der Waals surface area contributed by atoms with Crippen LogP contribution in [0, 0.1) is 5.41 Å². The molecule has 2 aliphatic rings. The molecule has 2 fully saturated rings. The Bertz CT molecular complexity index is 1100. The lowest BCUT2D eigenvalue weighted by molar-refractivity contribution is -0.274. The first-order valence-corrected chi connectivity index (χ1v) is 12.4. The van der Waals surface area contributed by atoms with Gasteiger partial charge in [-0.1, -0.05) is 18.0 Å². The number of hydrogen-bond acceptors (Lipinski definition) is 5. The normalized spacial score (nSPS) is 19.8. The molecular formula is C25H27ClF4N4O3. The van der Waals surface area contributed by atoms with Crippen molar-refractivity contribution in [3.8, 4) is 5.75 Å². The van der Waals surface area contributed by atoms with E-state index in [1.807, 2.05) is 0 Å². The number of ether oxygens (including phenoxy) is 1. The van der Waals surface area contributed by atoms with E-state index < -0.39 is 35.1 Å². The molecule has 0 aliphatic heterocycles. The van der Waals surface area contributed by atoms with Gasteiger partial charge in [0.2, 0.25) is 0 Å². The van der Waals surface area contributed by atoms with E-state index in [0.29, 0.717) is 5.41 Å². The third-order valence-electron chi connectivity index (χ3n) is 7.54. The standard InChI is InChI=1S/C25H27ClF4N4O3/c1-23(16-13-31-15-32-14-16,22(36)33-17-7-11-24(12-8-17)9-2-10-24)34(21(35)20(26)27)18-3-5-19(6-4-18)37-25(28,29)30/h3-6,13-15,17,20H,2,7-12H2,1H3,(H,33,36)/t20-,23+/m0/s1. The average molecular weight is 543 g/mol. The number of anilines is 1. The summed E-state index contributed by atoms with van der Waals surface area (Å²) in [6, 6.07) is 4.01. The largest absolute Gasteiger partial charge is 0.573 e. The second-order valence-corrected chi connectivity index (χ2v) is 10.2. The van der Waals surface area contributed by atoms with Gasteiger partial charge in [-0.25, -0.2) is 14.4 Å². The van der Waals surface area contributed by atoms with Gasteiger partial charge in [-0.15, -0.1) is 13.2 Å². The lowest BCUT2D eigenvalue weighted by atomic mass is 9.60. The van der Waals surface area contributed by atoms with Gasteiger partial charge in [-0.3, -0.25) is 14.5 Å². The molecule has 7 nitrogen and oxygen atoms in total. The Morgan fingerprint density at radius 1 is 1.11 bits per heavy atom. The zero-order valence-corrected chi connectivity index (χ0v) is 20.9. The van der Waals surface area contributed by atoms with Gasteiger partial charge in [-0.05, 0) is 75.1 Å². The monoisotopic (exact) mass is 542 g/mol. The van der Waals surface area contributed by atoms with Crippen LogP contribution in [0.4, 0.5) is 23.2 Å². The SMILES string of the molecule is C[C@](C(=O)NC1CCC2(CCC2)CC1)(c1cncnc1)N(C(=O)[C@H](F)Cl)c1ccc(OC(F)(F)F)cc1. The molecule has 0 bridgehead atoms. The van der Waals surface area contributed by atoms with Gasteiger partial charge in [0, 0.05) is 29.7 Å². The molecule has 1 aromatic carbocycles. The number of aromatic nitrogens is 2. The fourth-order valence-electron chi connectivity index (χ4n) is 5.29. The van der Waals surface area contributed by atoms with Crippen LogP contribution in [0.25, 0.3) is 0 Å². The second kappa shape index (κ2) is 10.4. The Kier molecular flexibility index (Phi) is 7.64. The van der Waals surface area contributed by atoms with E-state index in [2.05, 4.69) is 20.0 Å². The highest BCUT2D eigenvalue weighted by Crippen LogP contribution is 2.51. The van der Waals surface area contributed by atoms with Crippen molar-refractivity contribution in [2.45, 2.75) is 75.4 Å². The molecular weight excluding hydrogens is 516 g/mol. The molecule has 0 saturated heterocycles. The van der Waals surface area contributed by atoms with Crippen LogP contribution in [0.3, 0.4) is 0 Å². The predicted molar refractivity (Wildman–Crippen MR) is 127 cm³/mol. The molecule has 1 aromatic heterocycles. The minimum Gasteiger partial charge on any atom is -0.406 e. The van der Waals surface area contributed by atoms with Gasteiger partial charge in [0.15, 0.2) is 5.54 Å². The summed E-state index contributed by atoms with van der Waals surface area (Å²) in [5, 5.41) is 3.00. The number of carbonyl (C=O) groups is 2. The summed E-state index contributed by atoms with van der Waals surface area (Å²) < 4.78 is 56.0. The summed E-state index contributed by atoms with van der Waals surface area (Å²) in [5.74, 6) is -2.43. The fraction of sp³-hybridized carbons (Fsp3) is 0.520. The van der Waals surface area contributed by atoms with E-state index in [1.165, 1.54) is 44.9 Å². The topological polar surface area (TPSA) is 84.4 Å². The summed E-state index contributed by atoms with van der Waals surface area (Å²) in [7, 11) is 0. The minimum absolute atomic E-state index is 0.0682. The van der Waals surface area contributed by atoms with E-state index in [4.69, 9.17) is 11.6 Å². The Labute approximate surface area is 216 Å². The van der Waals surface area contributed by atoms with Crippen LogP contribution in [0.5, 0.6) is 5.75 Å². The van der Waals surface area contributed by atoms with E-state index >= 15 is 0 Å². The summed E-state index contributed by atoms with van der Waals surface area (Å²) in [4.78, 5) is 35.7. The molecule has 1 spiro atoms. The van der Waals surface area contributed by atoms with Crippen LogP contribution in [-0.4, -0.2) is 39.8 Å². The predicted octanol–water partition coefficient (Wildman–Crippen LogP) is 5.39. The van der Waals surface area contributed by atoms with E-state index in [0.717, 1.165) is 54.8 Å². The van der Waals surface area contributed by atoms with Crippen molar-refractivity contribution in [1.82, 2.24) is 15.3 Å². The van der Waals surface area contributed by atoms with Crippen molar-refractivity contribution in [1.29, 1.82) is 0 Å². The van der Waals surface area contributed by atoms with Crippen LogP contribution in [0.2, 0.25) is 0 Å². The highest BCUT2D eigenvalue weighted by atomic mass is 35.5. The molecule has 1 N–H and O–H groups in total. The number of alkyl halides is 5. The van der Waals surface area contributed by atoms with Crippen molar-refractivity contribution >= 4 is 29.1 Å². The number of nitrogens with one attached hydrogen (secondary N) is 1. The number of rotatable bonds is 7. The third kappa shape index (κ3) is 5.81. The summed E-state index contributed by atoms with van der Waals surface area (Å²) >= 11 is 5.54. The number of nitrogens with zero attached hydrogens (tertiary/aromatic N) is 3. The van der Waals surface area contributed by atoms with Crippen LogP contribution < -0.4 is 15.0 Å². The van der Waals surface area contributed by atoms with Gasteiger partial charge in [-0.2, -0.15) is 0 Å². The maximum Gasteiger partial charge on any atom is 0.573 e. The highest BCUT2D eigenvalue weighted by molar-refractivity contribution is 6.32. The molecule has 37 heavy (non-hydrogen) atoms. The van der Waals surface area contributed by atoms with Gasteiger partial charge >= 0.3 is 6.36 Å². The summed E-state index contributed by atoms with van der Waals surface area (Å²) in [6.45, 7) is 1.40. The maximum atomic E-state index is 14.3.